The van der Waals surface area contributed by atoms with E-state index in [1.165, 1.54) is 12.1 Å². The summed E-state index contributed by atoms with van der Waals surface area (Å²) in [6.07, 6.45) is 0.468. The van der Waals surface area contributed by atoms with E-state index >= 15 is 0 Å². The van der Waals surface area contributed by atoms with Crippen molar-refractivity contribution in [2.24, 2.45) is 0 Å². The van der Waals surface area contributed by atoms with Gasteiger partial charge < -0.3 is 5.73 Å². The number of benzene rings is 1. The summed E-state index contributed by atoms with van der Waals surface area (Å²) in [7, 11) is 0. The summed E-state index contributed by atoms with van der Waals surface area (Å²) in [5.41, 5.74) is 7.34. The maximum atomic E-state index is 13.0. The van der Waals surface area contributed by atoms with E-state index in [0.29, 0.717) is 22.5 Å². The molecule has 5 heteroatoms. The van der Waals surface area contributed by atoms with Crippen LogP contribution in [0.25, 0.3) is 0 Å². The first-order valence-corrected chi connectivity index (χ1v) is 5.88. The second kappa shape index (κ2) is 4.79. The Bertz CT molecular complexity index is 534. The number of anilines is 1. The molecular formula is C12H11BrFN3. The standard InChI is InChI=1S/C12H11BrFN3/c1-7-11(13)12(15)17-10(16-7)6-8-3-2-4-9(14)5-8/h2-5H,6H2,1H3,(H2,15,16,17). The van der Waals surface area contributed by atoms with Crippen molar-refractivity contribution in [2.75, 3.05) is 5.73 Å². The molecule has 0 aliphatic rings. The number of hydrogen-bond donors (Lipinski definition) is 1. The van der Waals surface area contributed by atoms with E-state index in [1.807, 2.05) is 13.0 Å². The van der Waals surface area contributed by atoms with Crippen LogP contribution < -0.4 is 5.73 Å². The Hall–Kier alpha value is -1.49. The molecule has 88 valence electrons. The Balaban J connectivity index is 2.31. The van der Waals surface area contributed by atoms with Gasteiger partial charge >= 0.3 is 0 Å². The maximum Gasteiger partial charge on any atom is 0.141 e. The van der Waals surface area contributed by atoms with Crippen LogP contribution in [0, 0.1) is 12.7 Å². The minimum atomic E-state index is -0.260. The molecule has 2 N–H and O–H groups in total. The summed E-state index contributed by atoms with van der Waals surface area (Å²) in [4.78, 5) is 8.45. The number of rotatable bonds is 2. The molecule has 2 rings (SSSR count). The molecule has 0 aliphatic carbocycles. The molecule has 0 spiro atoms. The third-order valence-corrected chi connectivity index (χ3v) is 3.32. The molecule has 0 bridgehead atoms. The maximum absolute atomic E-state index is 13.0. The third-order valence-electron chi connectivity index (χ3n) is 2.34. The van der Waals surface area contributed by atoms with Gasteiger partial charge in [0.1, 0.15) is 17.5 Å². The topological polar surface area (TPSA) is 51.8 Å². The number of aryl methyl sites for hydroxylation is 1. The average molecular weight is 296 g/mol. The van der Waals surface area contributed by atoms with Crippen LogP contribution in [0.5, 0.6) is 0 Å². The highest BCUT2D eigenvalue weighted by Crippen LogP contribution is 2.20. The van der Waals surface area contributed by atoms with E-state index in [1.54, 1.807) is 6.07 Å². The van der Waals surface area contributed by atoms with Crippen molar-refractivity contribution in [2.45, 2.75) is 13.3 Å². The van der Waals surface area contributed by atoms with Crippen molar-refractivity contribution >= 4 is 21.7 Å². The van der Waals surface area contributed by atoms with Crippen molar-refractivity contribution in [3.63, 3.8) is 0 Å². The average Bonchev–Trinajstić information content (AvgIpc) is 2.26. The normalized spacial score (nSPS) is 10.5. The van der Waals surface area contributed by atoms with Crippen LogP contribution in [-0.4, -0.2) is 9.97 Å². The van der Waals surface area contributed by atoms with Crippen molar-refractivity contribution in [3.8, 4) is 0 Å². The summed E-state index contributed by atoms with van der Waals surface area (Å²) in [6, 6.07) is 6.38. The van der Waals surface area contributed by atoms with Crippen LogP contribution in [0.1, 0.15) is 17.1 Å². The van der Waals surface area contributed by atoms with E-state index in [9.17, 15) is 4.39 Å². The molecule has 0 radical (unpaired) electrons. The van der Waals surface area contributed by atoms with Crippen molar-refractivity contribution in [1.29, 1.82) is 0 Å². The lowest BCUT2D eigenvalue weighted by Gasteiger charge is -2.06. The van der Waals surface area contributed by atoms with Crippen LogP contribution >= 0.6 is 15.9 Å². The van der Waals surface area contributed by atoms with Crippen LogP contribution in [0.4, 0.5) is 10.2 Å². The molecule has 0 saturated carbocycles. The summed E-state index contributed by atoms with van der Waals surface area (Å²) < 4.78 is 13.7. The van der Waals surface area contributed by atoms with E-state index < -0.39 is 0 Å². The number of nitrogens with two attached hydrogens (primary N) is 1. The number of halogens is 2. The second-order valence-electron chi connectivity index (χ2n) is 3.73. The molecule has 0 amide bonds. The number of nitrogen functional groups attached to an aromatic ring is 1. The van der Waals surface area contributed by atoms with Crippen LogP contribution in [0.2, 0.25) is 0 Å². The molecule has 1 aromatic heterocycles. The zero-order valence-corrected chi connectivity index (χ0v) is 10.8. The molecule has 0 saturated heterocycles. The molecule has 0 aliphatic heterocycles. The summed E-state index contributed by atoms with van der Waals surface area (Å²) in [6.45, 7) is 1.84. The molecule has 1 heterocycles. The predicted molar refractivity (Wildman–Crippen MR) is 68.1 cm³/mol. The van der Waals surface area contributed by atoms with Crippen molar-refractivity contribution < 1.29 is 4.39 Å². The summed E-state index contributed by atoms with van der Waals surface area (Å²) in [5, 5.41) is 0. The number of aromatic nitrogens is 2. The number of hydrogen-bond acceptors (Lipinski definition) is 3. The first kappa shape index (κ1) is 12.0. The molecular weight excluding hydrogens is 285 g/mol. The van der Waals surface area contributed by atoms with Crippen LogP contribution in [0.3, 0.4) is 0 Å². The van der Waals surface area contributed by atoms with Gasteiger partial charge in [-0.05, 0) is 40.5 Å². The van der Waals surface area contributed by atoms with Crippen molar-refractivity contribution in [3.05, 3.63) is 51.6 Å². The quantitative estimate of drug-likeness (QED) is 0.927. The van der Waals surface area contributed by atoms with Gasteiger partial charge in [-0.15, -0.1) is 0 Å². The zero-order valence-electron chi connectivity index (χ0n) is 9.24. The molecule has 17 heavy (non-hydrogen) atoms. The van der Waals surface area contributed by atoms with Crippen LogP contribution in [0.15, 0.2) is 28.7 Å². The molecule has 1 aromatic carbocycles. The fourth-order valence-corrected chi connectivity index (χ4v) is 1.73. The van der Waals surface area contributed by atoms with Gasteiger partial charge in [0, 0.05) is 6.42 Å². The Labute approximate surface area is 107 Å². The third kappa shape index (κ3) is 2.79. The molecule has 2 aromatic rings. The first-order valence-electron chi connectivity index (χ1n) is 5.09. The fraction of sp³-hybridized carbons (Fsp3) is 0.167. The van der Waals surface area contributed by atoms with Gasteiger partial charge in [-0.3, -0.25) is 0 Å². The SMILES string of the molecule is Cc1nc(Cc2cccc(F)c2)nc(N)c1Br. The highest BCUT2D eigenvalue weighted by molar-refractivity contribution is 9.10. The smallest absolute Gasteiger partial charge is 0.141 e. The molecule has 0 unspecified atom stereocenters. The predicted octanol–water partition coefficient (Wildman–Crippen LogP) is 2.86. The Morgan fingerprint density at radius 1 is 1.35 bits per heavy atom. The lowest BCUT2D eigenvalue weighted by Crippen LogP contribution is -2.04. The van der Waals surface area contributed by atoms with Gasteiger partial charge in [-0.2, -0.15) is 0 Å². The largest absolute Gasteiger partial charge is 0.383 e. The molecule has 0 fully saturated rings. The van der Waals surface area contributed by atoms with E-state index in [2.05, 4.69) is 25.9 Å². The van der Waals surface area contributed by atoms with Crippen LogP contribution in [-0.2, 0) is 6.42 Å². The van der Waals surface area contributed by atoms with Gasteiger partial charge in [-0.1, -0.05) is 12.1 Å². The van der Waals surface area contributed by atoms with E-state index in [4.69, 9.17) is 5.73 Å². The minimum absolute atomic E-state index is 0.260. The highest BCUT2D eigenvalue weighted by Gasteiger charge is 2.07. The summed E-state index contributed by atoms with van der Waals surface area (Å²) >= 11 is 3.30. The van der Waals surface area contributed by atoms with Gasteiger partial charge in [0.2, 0.25) is 0 Å². The monoisotopic (exact) mass is 295 g/mol. The first-order chi connectivity index (χ1) is 8.06. The van der Waals surface area contributed by atoms with E-state index in [0.717, 1.165) is 11.3 Å². The zero-order chi connectivity index (χ0) is 12.4. The minimum Gasteiger partial charge on any atom is -0.383 e. The second-order valence-corrected chi connectivity index (χ2v) is 4.52. The fourth-order valence-electron chi connectivity index (χ4n) is 1.55. The Morgan fingerprint density at radius 2 is 2.12 bits per heavy atom. The Morgan fingerprint density at radius 3 is 2.76 bits per heavy atom. The Kier molecular flexibility index (Phi) is 3.38. The van der Waals surface area contributed by atoms with Crippen molar-refractivity contribution in [1.82, 2.24) is 9.97 Å². The molecule has 0 atom stereocenters. The summed E-state index contributed by atoms with van der Waals surface area (Å²) in [5.74, 6) is 0.738. The lowest BCUT2D eigenvalue weighted by atomic mass is 10.1. The van der Waals surface area contributed by atoms with Gasteiger partial charge in [0.05, 0.1) is 10.2 Å². The number of nitrogens with zero attached hydrogens (tertiary/aromatic N) is 2. The highest BCUT2D eigenvalue weighted by atomic mass is 79.9. The van der Waals surface area contributed by atoms with Gasteiger partial charge in [0.25, 0.3) is 0 Å². The lowest BCUT2D eigenvalue weighted by molar-refractivity contribution is 0.625. The molecule has 3 nitrogen and oxygen atoms in total. The van der Waals surface area contributed by atoms with E-state index in [-0.39, 0.29) is 5.82 Å². The van der Waals surface area contributed by atoms with Gasteiger partial charge in [-0.25, -0.2) is 14.4 Å². The van der Waals surface area contributed by atoms with Gasteiger partial charge in [0.15, 0.2) is 0 Å².